The van der Waals surface area contributed by atoms with Gasteiger partial charge in [0.1, 0.15) is 0 Å². The average molecular weight is 433 g/mol. The second kappa shape index (κ2) is 6.54. The first-order chi connectivity index (χ1) is 15.0. The second-order valence-corrected chi connectivity index (χ2v) is 9.49. The Bertz CT molecular complexity index is 1140. The summed E-state index contributed by atoms with van der Waals surface area (Å²) < 4.78 is 0. The van der Waals surface area contributed by atoms with Crippen molar-refractivity contribution in [2.45, 2.75) is 13.3 Å². The summed E-state index contributed by atoms with van der Waals surface area (Å²) in [6.07, 6.45) is 5.48. The SMILES string of the molecule is Cc1c(Cl)cccc1NC(=O)c1ccc(N2C(=O)[C@@H]3[C@H]4C=C[C@@H]([C@@H]5C[C@H]45)[C@H]3C2=O)cc1. The maximum absolute atomic E-state index is 13.2. The van der Waals surface area contributed by atoms with E-state index in [4.69, 9.17) is 11.6 Å². The van der Waals surface area contributed by atoms with Crippen LogP contribution in [0.15, 0.2) is 54.6 Å². The number of carbonyl (C=O) groups is 3. The molecule has 5 aliphatic rings. The molecule has 0 aromatic heterocycles. The minimum Gasteiger partial charge on any atom is -0.322 e. The first kappa shape index (κ1) is 18.8. The lowest BCUT2D eigenvalue weighted by Gasteiger charge is -2.37. The molecule has 5 nitrogen and oxygen atoms in total. The maximum atomic E-state index is 13.2. The van der Waals surface area contributed by atoms with Gasteiger partial charge in [-0.3, -0.25) is 19.3 Å². The lowest BCUT2D eigenvalue weighted by atomic mass is 9.63. The molecule has 4 aliphatic carbocycles. The van der Waals surface area contributed by atoms with E-state index in [-0.39, 0.29) is 41.4 Å². The Morgan fingerprint density at radius 3 is 2.19 bits per heavy atom. The lowest BCUT2D eigenvalue weighted by molar-refractivity contribution is -0.124. The lowest BCUT2D eigenvalue weighted by Crippen LogP contribution is -2.40. The molecule has 1 aliphatic heterocycles. The number of carbonyl (C=O) groups excluding carboxylic acids is 3. The Hall–Kier alpha value is -2.92. The zero-order valence-electron chi connectivity index (χ0n) is 16.9. The fraction of sp³-hybridized carbons (Fsp3) is 0.320. The fourth-order valence-electron chi connectivity index (χ4n) is 5.91. The molecule has 1 heterocycles. The van der Waals surface area contributed by atoms with E-state index in [1.807, 2.05) is 6.92 Å². The third-order valence-electron chi connectivity index (χ3n) is 7.57. The van der Waals surface area contributed by atoms with Gasteiger partial charge in [-0.25, -0.2) is 0 Å². The number of imide groups is 1. The Morgan fingerprint density at radius 1 is 0.968 bits per heavy atom. The number of allylic oxidation sites excluding steroid dienone is 2. The molecule has 156 valence electrons. The van der Waals surface area contributed by atoms with E-state index in [1.165, 1.54) is 4.90 Å². The monoisotopic (exact) mass is 432 g/mol. The van der Waals surface area contributed by atoms with Crippen LogP contribution in [0.1, 0.15) is 22.3 Å². The van der Waals surface area contributed by atoms with Crippen LogP contribution in [0.4, 0.5) is 11.4 Å². The minimum absolute atomic E-state index is 0.0912. The molecule has 2 saturated carbocycles. The summed E-state index contributed by atoms with van der Waals surface area (Å²) in [6, 6.07) is 12.0. The van der Waals surface area contributed by atoms with Crippen LogP contribution >= 0.6 is 11.6 Å². The predicted molar refractivity (Wildman–Crippen MR) is 118 cm³/mol. The summed E-state index contributed by atoms with van der Waals surface area (Å²) in [5, 5.41) is 3.45. The van der Waals surface area contributed by atoms with Crippen molar-refractivity contribution in [2.24, 2.45) is 35.5 Å². The number of nitrogens with one attached hydrogen (secondary N) is 1. The first-order valence-corrected chi connectivity index (χ1v) is 11.1. The molecule has 0 radical (unpaired) electrons. The van der Waals surface area contributed by atoms with Gasteiger partial charge in [0.2, 0.25) is 11.8 Å². The van der Waals surface area contributed by atoms with Crippen LogP contribution in [0.25, 0.3) is 0 Å². The summed E-state index contributed by atoms with van der Waals surface area (Å²) in [7, 11) is 0. The minimum atomic E-state index is -0.271. The van der Waals surface area contributed by atoms with Gasteiger partial charge in [-0.2, -0.15) is 0 Å². The van der Waals surface area contributed by atoms with Crippen LogP contribution < -0.4 is 10.2 Å². The maximum Gasteiger partial charge on any atom is 0.255 e. The molecular formula is C25H21ClN2O3. The molecule has 2 bridgehead atoms. The molecule has 7 rings (SSSR count). The van der Waals surface area contributed by atoms with Crippen molar-refractivity contribution in [1.82, 2.24) is 0 Å². The molecule has 6 atom stereocenters. The van der Waals surface area contributed by atoms with Gasteiger partial charge in [0.25, 0.3) is 5.91 Å². The topological polar surface area (TPSA) is 66.5 Å². The smallest absolute Gasteiger partial charge is 0.255 e. The van der Waals surface area contributed by atoms with Gasteiger partial charge in [-0.05, 0) is 79.0 Å². The number of amides is 3. The van der Waals surface area contributed by atoms with E-state index < -0.39 is 0 Å². The highest BCUT2D eigenvalue weighted by atomic mass is 35.5. The highest BCUT2D eigenvalue weighted by Crippen LogP contribution is 2.65. The number of rotatable bonds is 3. The standard InChI is InChI=1S/C25H21ClN2O3/c1-12-19(26)3-2-4-20(12)27-23(29)13-5-7-14(8-6-13)28-24(30)21-15-9-10-16(18-11-17(15)18)22(21)25(28)31/h2-10,15-18,21-22H,11H2,1H3,(H,27,29)/t15-,16-,17-,18+,21+,22+/m0/s1. The molecule has 3 amide bonds. The Kier molecular flexibility index (Phi) is 3.97. The predicted octanol–water partition coefficient (Wildman–Crippen LogP) is 4.46. The zero-order valence-corrected chi connectivity index (χ0v) is 17.7. The van der Waals surface area contributed by atoms with E-state index in [0.717, 1.165) is 12.0 Å². The molecule has 2 aromatic rings. The van der Waals surface area contributed by atoms with Gasteiger partial charge in [0.15, 0.2) is 0 Å². The van der Waals surface area contributed by atoms with Crippen LogP contribution in [0.5, 0.6) is 0 Å². The Labute approximate surface area is 185 Å². The molecule has 2 aromatic carbocycles. The van der Waals surface area contributed by atoms with E-state index in [9.17, 15) is 14.4 Å². The first-order valence-electron chi connectivity index (χ1n) is 10.7. The van der Waals surface area contributed by atoms with Crippen LogP contribution in [-0.4, -0.2) is 17.7 Å². The molecule has 1 N–H and O–H groups in total. The fourth-order valence-corrected chi connectivity index (χ4v) is 6.09. The summed E-state index contributed by atoms with van der Waals surface area (Å²) in [4.78, 5) is 40.4. The van der Waals surface area contributed by atoms with Crippen molar-refractivity contribution >= 4 is 40.7 Å². The molecule has 31 heavy (non-hydrogen) atoms. The van der Waals surface area contributed by atoms with Gasteiger partial charge >= 0.3 is 0 Å². The normalized spacial score (nSPS) is 32.1. The summed E-state index contributed by atoms with van der Waals surface area (Å²) >= 11 is 6.13. The molecule has 3 fully saturated rings. The van der Waals surface area contributed by atoms with Crippen LogP contribution in [0.2, 0.25) is 5.02 Å². The van der Waals surface area contributed by atoms with Crippen molar-refractivity contribution in [3.8, 4) is 0 Å². The molecule has 1 saturated heterocycles. The molecule has 6 heteroatoms. The van der Waals surface area contributed by atoms with Crippen LogP contribution in [0, 0.1) is 42.4 Å². The number of benzene rings is 2. The molecule has 0 spiro atoms. The van der Waals surface area contributed by atoms with E-state index in [0.29, 0.717) is 33.8 Å². The van der Waals surface area contributed by atoms with Gasteiger partial charge < -0.3 is 5.32 Å². The van der Waals surface area contributed by atoms with Crippen molar-refractivity contribution in [3.05, 3.63) is 70.8 Å². The molecule has 0 unspecified atom stereocenters. The largest absolute Gasteiger partial charge is 0.322 e. The Morgan fingerprint density at radius 2 is 1.58 bits per heavy atom. The van der Waals surface area contributed by atoms with Crippen LogP contribution in [0.3, 0.4) is 0 Å². The number of halogens is 1. The van der Waals surface area contributed by atoms with Gasteiger partial charge in [0, 0.05) is 16.3 Å². The van der Waals surface area contributed by atoms with E-state index >= 15 is 0 Å². The number of anilines is 2. The van der Waals surface area contributed by atoms with Crippen molar-refractivity contribution in [1.29, 1.82) is 0 Å². The summed E-state index contributed by atoms with van der Waals surface area (Å²) in [5.41, 5.74) is 2.43. The van der Waals surface area contributed by atoms with Crippen LogP contribution in [-0.2, 0) is 9.59 Å². The van der Waals surface area contributed by atoms with Gasteiger partial charge in [0.05, 0.1) is 17.5 Å². The van der Waals surface area contributed by atoms with Crippen molar-refractivity contribution in [3.63, 3.8) is 0 Å². The van der Waals surface area contributed by atoms with Crippen molar-refractivity contribution in [2.75, 3.05) is 10.2 Å². The highest BCUT2D eigenvalue weighted by Gasteiger charge is 2.67. The number of hydrogen-bond acceptors (Lipinski definition) is 3. The second-order valence-electron chi connectivity index (χ2n) is 9.08. The number of hydrogen-bond donors (Lipinski definition) is 1. The molecular weight excluding hydrogens is 412 g/mol. The van der Waals surface area contributed by atoms with Gasteiger partial charge in [-0.15, -0.1) is 0 Å². The average Bonchev–Trinajstić information content (AvgIpc) is 3.55. The summed E-state index contributed by atoms with van der Waals surface area (Å²) in [5.74, 6) is 0.660. The van der Waals surface area contributed by atoms with E-state index in [2.05, 4.69) is 17.5 Å². The number of nitrogens with zero attached hydrogens (tertiary/aromatic N) is 1. The zero-order chi connectivity index (χ0) is 21.4. The quantitative estimate of drug-likeness (QED) is 0.575. The summed E-state index contributed by atoms with van der Waals surface area (Å²) in [6.45, 7) is 1.84. The Balaban J connectivity index is 1.24. The van der Waals surface area contributed by atoms with Crippen molar-refractivity contribution < 1.29 is 14.4 Å². The van der Waals surface area contributed by atoms with Gasteiger partial charge in [-0.1, -0.05) is 29.8 Å². The third-order valence-corrected chi connectivity index (χ3v) is 7.98. The highest BCUT2D eigenvalue weighted by molar-refractivity contribution is 6.31. The van der Waals surface area contributed by atoms with E-state index in [1.54, 1.807) is 42.5 Å². The third kappa shape index (κ3) is 2.66.